The van der Waals surface area contributed by atoms with Gasteiger partial charge in [0.2, 0.25) is 0 Å². The summed E-state index contributed by atoms with van der Waals surface area (Å²) in [6.07, 6.45) is 9.18. The van der Waals surface area contributed by atoms with Crippen LogP contribution in [0.5, 0.6) is 0 Å². The zero-order valence-corrected chi connectivity index (χ0v) is 13.9. The number of rotatable bonds is 9. The van der Waals surface area contributed by atoms with Gasteiger partial charge in [-0.15, -0.1) is 0 Å². The molecule has 0 radical (unpaired) electrons. The number of halogens is 2. The molecule has 0 N–H and O–H groups in total. The average Bonchev–Trinajstić information content (AvgIpc) is 2.37. The first-order chi connectivity index (χ1) is 9.15. The molecule has 0 bridgehead atoms. The van der Waals surface area contributed by atoms with Crippen molar-refractivity contribution in [2.24, 2.45) is 0 Å². The first-order valence-corrected chi connectivity index (χ1v) is 8.30. The molecule has 0 aromatic heterocycles. The van der Waals surface area contributed by atoms with E-state index >= 15 is 0 Å². The summed E-state index contributed by atoms with van der Waals surface area (Å²) in [6.45, 7) is 2.22. The summed E-state index contributed by atoms with van der Waals surface area (Å²) in [6, 6.07) is 5.44. The Kier molecular flexibility index (Phi) is 8.40. The van der Waals surface area contributed by atoms with Crippen LogP contribution in [0.3, 0.4) is 0 Å². The van der Waals surface area contributed by atoms with Crippen LogP contribution in [0.1, 0.15) is 68.6 Å². The van der Waals surface area contributed by atoms with Crippen LogP contribution in [0, 0.1) is 0 Å². The maximum absolute atomic E-state index is 12.0. The molecule has 1 nitrogen and oxygen atoms in total. The van der Waals surface area contributed by atoms with E-state index in [1.165, 1.54) is 32.1 Å². The molecule has 0 atom stereocenters. The molecule has 0 heterocycles. The van der Waals surface area contributed by atoms with Crippen LogP contribution in [0.2, 0.25) is 5.02 Å². The van der Waals surface area contributed by atoms with Gasteiger partial charge in [0.05, 0.1) is 5.02 Å². The lowest BCUT2D eigenvalue weighted by Crippen LogP contribution is -1.99. The third kappa shape index (κ3) is 6.58. The van der Waals surface area contributed by atoms with Gasteiger partial charge < -0.3 is 0 Å². The Balaban J connectivity index is 2.24. The first kappa shape index (κ1) is 16.7. The Morgan fingerprint density at radius 1 is 1.11 bits per heavy atom. The van der Waals surface area contributed by atoms with Crippen LogP contribution in [0.15, 0.2) is 22.7 Å². The standard InChI is InChI=1S/C16H22BrClO/c1-2-3-4-5-6-7-8-9-16(19)14-11-10-13(17)12-15(14)18/h10-12H,2-9H2,1H3. The molecular weight excluding hydrogens is 324 g/mol. The van der Waals surface area contributed by atoms with Gasteiger partial charge in [0.25, 0.3) is 0 Å². The van der Waals surface area contributed by atoms with Crippen molar-refractivity contribution >= 4 is 33.3 Å². The highest BCUT2D eigenvalue weighted by atomic mass is 79.9. The Labute approximate surface area is 129 Å². The summed E-state index contributed by atoms with van der Waals surface area (Å²) < 4.78 is 0.907. The third-order valence-corrected chi connectivity index (χ3v) is 4.04. The molecule has 106 valence electrons. The van der Waals surface area contributed by atoms with Crippen molar-refractivity contribution in [2.45, 2.75) is 58.3 Å². The second kappa shape index (κ2) is 9.55. The topological polar surface area (TPSA) is 17.1 Å². The molecule has 0 fully saturated rings. The molecule has 0 amide bonds. The van der Waals surface area contributed by atoms with Gasteiger partial charge in [-0.25, -0.2) is 0 Å². The van der Waals surface area contributed by atoms with E-state index in [9.17, 15) is 4.79 Å². The summed E-state index contributed by atoms with van der Waals surface area (Å²) in [5, 5.41) is 0.544. The highest BCUT2D eigenvalue weighted by molar-refractivity contribution is 9.10. The number of Topliss-reactive ketones (excluding diaryl/α,β-unsaturated/α-hetero) is 1. The van der Waals surface area contributed by atoms with Crippen LogP contribution in [-0.4, -0.2) is 5.78 Å². The third-order valence-electron chi connectivity index (χ3n) is 3.24. The number of benzene rings is 1. The number of carbonyl (C=O) groups is 1. The molecule has 1 rings (SSSR count). The van der Waals surface area contributed by atoms with Crippen molar-refractivity contribution in [3.8, 4) is 0 Å². The Morgan fingerprint density at radius 2 is 1.74 bits per heavy atom. The number of hydrogen-bond donors (Lipinski definition) is 0. The molecule has 0 aliphatic carbocycles. The smallest absolute Gasteiger partial charge is 0.164 e. The lowest BCUT2D eigenvalue weighted by Gasteiger charge is -2.04. The minimum absolute atomic E-state index is 0.158. The fourth-order valence-electron chi connectivity index (χ4n) is 2.09. The molecule has 0 aliphatic heterocycles. The molecule has 0 unspecified atom stereocenters. The predicted molar refractivity (Wildman–Crippen MR) is 86.1 cm³/mol. The molecule has 1 aromatic rings. The molecule has 1 aromatic carbocycles. The second-order valence-electron chi connectivity index (χ2n) is 4.92. The maximum Gasteiger partial charge on any atom is 0.164 e. The van der Waals surface area contributed by atoms with E-state index in [1.807, 2.05) is 6.07 Å². The van der Waals surface area contributed by atoms with Gasteiger partial charge in [0.1, 0.15) is 0 Å². The fourth-order valence-corrected chi connectivity index (χ4v) is 2.87. The van der Waals surface area contributed by atoms with E-state index < -0.39 is 0 Å². The van der Waals surface area contributed by atoms with Crippen molar-refractivity contribution in [1.29, 1.82) is 0 Å². The first-order valence-electron chi connectivity index (χ1n) is 7.13. The van der Waals surface area contributed by atoms with Gasteiger partial charge in [-0.1, -0.05) is 73.0 Å². The minimum Gasteiger partial charge on any atom is -0.294 e. The van der Waals surface area contributed by atoms with E-state index in [1.54, 1.807) is 12.1 Å². The van der Waals surface area contributed by atoms with E-state index in [0.717, 1.165) is 17.3 Å². The van der Waals surface area contributed by atoms with Crippen LogP contribution >= 0.6 is 27.5 Å². The number of unbranched alkanes of at least 4 members (excludes halogenated alkanes) is 6. The van der Waals surface area contributed by atoms with Crippen LogP contribution in [0.4, 0.5) is 0 Å². The van der Waals surface area contributed by atoms with Crippen LogP contribution < -0.4 is 0 Å². The lowest BCUT2D eigenvalue weighted by atomic mass is 10.0. The van der Waals surface area contributed by atoms with Crippen LogP contribution in [0.25, 0.3) is 0 Å². The van der Waals surface area contributed by atoms with E-state index in [0.29, 0.717) is 17.0 Å². The van der Waals surface area contributed by atoms with Gasteiger partial charge in [-0.05, 0) is 24.6 Å². The molecule has 3 heteroatoms. The van der Waals surface area contributed by atoms with Crippen molar-refractivity contribution in [3.05, 3.63) is 33.3 Å². The minimum atomic E-state index is 0.158. The SMILES string of the molecule is CCCCCCCCCC(=O)c1ccc(Br)cc1Cl. The van der Waals surface area contributed by atoms with Gasteiger partial charge in [-0.3, -0.25) is 4.79 Å². The van der Waals surface area contributed by atoms with Crippen molar-refractivity contribution in [1.82, 2.24) is 0 Å². The van der Waals surface area contributed by atoms with E-state index in [2.05, 4.69) is 22.9 Å². The van der Waals surface area contributed by atoms with Crippen molar-refractivity contribution < 1.29 is 4.79 Å². The summed E-state index contributed by atoms with van der Waals surface area (Å²) in [4.78, 5) is 12.0. The lowest BCUT2D eigenvalue weighted by molar-refractivity contribution is 0.0979. The number of hydrogen-bond acceptors (Lipinski definition) is 1. The molecule has 0 spiro atoms. The van der Waals surface area contributed by atoms with Gasteiger partial charge in [-0.2, -0.15) is 0 Å². The van der Waals surface area contributed by atoms with Gasteiger partial charge >= 0.3 is 0 Å². The molecule has 0 saturated heterocycles. The Bertz CT molecular complexity index is 404. The zero-order chi connectivity index (χ0) is 14.1. The normalized spacial score (nSPS) is 10.7. The molecular formula is C16H22BrClO. The van der Waals surface area contributed by atoms with Crippen molar-refractivity contribution in [3.63, 3.8) is 0 Å². The quantitative estimate of drug-likeness (QED) is 0.372. The molecule has 19 heavy (non-hydrogen) atoms. The zero-order valence-electron chi connectivity index (χ0n) is 11.6. The highest BCUT2D eigenvalue weighted by Gasteiger charge is 2.10. The van der Waals surface area contributed by atoms with E-state index in [4.69, 9.17) is 11.6 Å². The predicted octanol–water partition coefficient (Wildman–Crippen LogP) is 6.43. The Morgan fingerprint density at radius 3 is 2.37 bits per heavy atom. The van der Waals surface area contributed by atoms with E-state index in [-0.39, 0.29) is 5.78 Å². The van der Waals surface area contributed by atoms with Crippen LogP contribution in [-0.2, 0) is 0 Å². The largest absolute Gasteiger partial charge is 0.294 e. The average molecular weight is 346 g/mol. The van der Waals surface area contributed by atoms with Crippen molar-refractivity contribution in [2.75, 3.05) is 0 Å². The second-order valence-corrected chi connectivity index (χ2v) is 6.24. The summed E-state index contributed by atoms with van der Waals surface area (Å²) in [7, 11) is 0. The number of carbonyl (C=O) groups excluding carboxylic acids is 1. The fraction of sp³-hybridized carbons (Fsp3) is 0.562. The number of ketones is 1. The summed E-state index contributed by atoms with van der Waals surface area (Å²) in [5.74, 6) is 0.158. The molecule has 0 saturated carbocycles. The summed E-state index contributed by atoms with van der Waals surface area (Å²) in [5.41, 5.74) is 0.649. The maximum atomic E-state index is 12.0. The Hall–Kier alpha value is -0.340. The monoisotopic (exact) mass is 344 g/mol. The molecule has 0 aliphatic rings. The van der Waals surface area contributed by atoms with Gasteiger partial charge in [0.15, 0.2) is 5.78 Å². The van der Waals surface area contributed by atoms with Gasteiger partial charge in [0, 0.05) is 16.5 Å². The summed E-state index contributed by atoms with van der Waals surface area (Å²) >= 11 is 9.41. The highest BCUT2D eigenvalue weighted by Crippen LogP contribution is 2.23.